The molecule has 1 unspecified atom stereocenters. The van der Waals surface area contributed by atoms with E-state index in [1.54, 1.807) is 41.8 Å². The summed E-state index contributed by atoms with van der Waals surface area (Å²) in [5.41, 5.74) is 4.27. The second kappa shape index (κ2) is 9.32. The number of aromatic nitrogens is 4. The molecule has 0 radical (unpaired) electrons. The molecule has 0 saturated carbocycles. The zero-order valence-corrected chi connectivity index (χ0v) is 20.7. The van der Waals surface area contributed by atoms with E-state index < -0.39 is 5.25 Å². The van der Waals surface area contributed by atoms with Crippen LogP contribution in [-0.4, -0.2) is 30.3 Å². The van der Waals surface area contributed by atoms with Crippen LogP contribution in [0.25, 0.3) is 22.4 Å². The standard InChI is InChI=1S/C27H22N6O2S/c1-16-8-6-13-22(17(16)2)32-25(35)21-11-4-5-12-23(21)33-26(32)30-31-27(33)36-18(3)24(34)29-20-10-7-9-19(14-20)15-28/h4-14,18H,1-3H3,(H,29,34). The lowest BCUT2D eigenvalue weighted by atomic mass is 10.1. The van der Waals surface area contributed by atoms with Gasteiger partial charge in [-0.1, -0.05) is 42.1 Å². The molecule has 1 N–H and O–H groups in total. The van der Waals surface area contributed by atoms with Crippen molar-refractivity contribution in [2.75, 3.05) is 5.32 Å². The van der Waals surface area contributed by atoms with Crippen LogP contribution in [0, 0.1) is 25.2 Å². The number of hydrogen-bond donors (Lipinski definition) is 1. The number of nitrogens with zero attached hydrogens (tertiary/aromatic N) is 5. The van der Waals surface area contributed by atoms with Gasteiger partial charge in [0.05, 0.1) is 33.5 Å². The summed E-state index contributed by atoms with van der Waals surface area (Å²) < 4.78 is 3.41. The van der Waals surface area contributed by atoms with Crippen LogP contribution >= 0.6 is 11.8 Å². The molecule has 2 aromatic heterocycles. The molecule has 8 nitrogen and oxygen atoms in total. The molecule has 3 aromatic carbocycles. The smallest absolute Gasteiger partial charge is 0.267 e. The fraction of sp³-hybridized carbons (Fsp3) is 0.148. The van der Waals surface area contributed by atoms with Crippen LogP contribution in [0.1, 0.15) is 23.6 Å². The molecule has 0 saturated heterocycles. The Bertz CT molecular complexity index is 1750. The van der Waals surface area contributed by atoms with Gasteiger partial charge in [0, 0.05) is 5.69 Å². The van der Waals surface area contributed by atoms with Gasteiger partial charge in [-0.2, -0.15) is 5.26 Å². The van der Waals surface area contributed by atoms with Crippen molar-refractivity contribution in [3.8, 4) is 11.8 Å². The van der Waals surface area contributed by atoms with Gasteiger partial charge in [0.2, 0.25) is 11.7 Å². The molecule has 5 aromatic rings. The van der Waals surface area contributed by atoms with Crippen LogP contribution in [0.3, 0.4) is 0 Å². The Hall–Kier alpha value is -4.42. The number of benzene rings is 3. The minimum atomic E-state index is -0.525. The first kappa shape index (κ1) is 23.3. The van der Waals surface area contributed by atoms with Gasteiger partial charge in [0.25, 0.3) is 5.56 Å². The van der Waals surface area contributed by atoms with Crippen LogP contribution in [0.5, 0.6) is 0 Å². The third-order valence-corrected chi connectivity index (χ3v) is 7.16. The van der Waals surface area contributed by atoms with E-state index in [2.05, 4.69) is 21.6 Å². The molecule has 2 heterocycles. The van der Waals surface area contributed by atoms with Crippen molar-refractivity contribution in [2.45, 2.75) is 31.2 Å². The number of hydrogen-bond acceptors (Lipinski definition) is 6. The number of thioether (sulfide) groups is 1. The highest BCUT2D eigenvalue weighted by Gasteiger charge is 2.23. The topological polar surface area (TPSA) is 105 Å². The second-order valence-corrected chi connectivity index (χ2v) is 9.74. The predicted octanol–water partition coefficient (Wildman–Crippen LogP) is 4.64. The van der Waals surface area contributed by atoms with Gasteiger partial charge in [-0.3, -0.25) is 14.0 Å². The molecule has 0 aliphatic carbocycles. The summed E-state index contributed by atoms with van der Waals surface area (Å²) >= 11 is 1.25. The first-order valence-electron chi connectivity index (χ1n) is 11.3. The number of anilines is 1. The lowest BCUT2D eigenvalue weighted by molar-refractivity contribution is -0.115. The fourth-order valence-corrected chi connectivity index (χ4v) is 4.93. The molecule has 36 heavy (non-hydrogen) atoms. The van der Waals surface area contributed by atoms with Gasteiger partial charge in [0.15, 0.2) is 5.16 Å². The average molecular weight is 495 g/mol. The van der Waals surface area contributed by atoms with E-state index in [0.29, 0.717) is 33.1 Å². The van der Waals surface area contributed by atoms with Crippen molar-refractivity contribution in [2.24, 2.45) is 0 Å². The van der Waals surface area contributed by atoms with E-state index in [4.69, 9.17) is 5.26 Å². The van der Waals surface area contributed by atoms with Crippen molar-refractivity contribution in [3.63, 3.8) is 0 Å². The Morgan fingerprint density at radius 1 is 1.06 bits per heavy atom. The highest BCUT2D eigenvalue weighted by Crippen LogP contribution is 2.28. The quantitative estimate of drug-likeness (QED) is 0.357. The fourth-order valence-electron chi connectivity index (χ4n) is 4.07. The summed E-state index contributed by atoms with van der Waals surface area (Å²) in [6.07, 6.45) is 0. The van der Waals surface area contributed by atoms with Crippen molar-refractivity contribution in [1.82, 2.24) is 19.2 Å². The number of rotatable bonds is 5. The first-order chi connectivity index (χ1) is 17.4. The minimum absolute atomic E-state index is 0.182. The van der Waals surface area contributed by atoms with E-state index in [1.165, 1.54) is 11.8 Å². The maximum absolute atomic E-state index is 13.6. The Balaban J connectivity index is 1.59. The third-order valence-electron chi connectivity index (χ3n) is 6.12. The van der Waals surface area contributed by atoms with Gasteiger partial charge in [-0.25, -0.2) is 4.57 Å². The highest BCUT2D eigenvalue weighted by molar-refractivity contribution is 8.00. The normalized spacial score (nSPS) is 11.9. The zero-order chi connectivity index (χ0) is 25.4. The van der Waals surface area contributed by atoms with Gasteiger partial charge in [-0.05, 0) is 68.3 Å². The number of nitriles is 1. The lowest BCUT2D eigenvalue weighted by Crippen LogP contribution is -2.24. The predicted molar refractivity (Wildman–Crippen MR) is 141 cm³/mol. The summed E-state index contributed by atoms with van der Waals surface area (Å²) in [6, 6.07) is 21.9. The van der Waals surface area contributed by atoms with E-state index in [9.17, 15) is 9.59 Å². The molecule has 0 bridgehead atoms. The molecular weight excluding hydrogens is 472 g/mol. The number of nitrogens with one attached hydrogen (secondary N) is 1. The Kier molecular flexibility index (Phi) is 6.04. The number of carbonyl (C=O) groups is 1. The molecule has 9 heteroatoms. The average Bonchev–Trinajstić information content (AvgIpc) is 3.30. The van der Waals surface area contributed by atoms with Crippen LogP contribution in [0.2, 0.25) is 0 Å². The first-order valence-corrected chi connectivity index (χ1v) is 12.2. The van der Waals surface area contributed by atoms with Crippen LogP contribution < -0.4 is 10.9 Å². The Morgan fingerprint density at radius 2 is 1.83 bits per heavy atom. The number of para-hydroxylation sites is 1. The van der Waals surface area contributed by atoms with Crippen LogP contribution in [0.15, 0.2) is 76.7 Å². The van der Waals surface area contributed by atoms with Gasteiger partial charge in [-0.15, -0.1) is 10.2 Å². The summed E-state index contributed by atoms with van der Waals surface area (Å²) in [6.45, 7) is 5.75. The SMILES string of the molecule is Cc1cccc(-n2c(=O)c3ccccc3n3c(SC(C)C(=O)Nc4cccc(C#N)c4)nnc23)c1C. The highest BCUT2D eigenvalue weighted by atomic mass is 32.2. The van der Waals surface area contributed by atoms with Gasteiger partial charge in [0.1, 0.15) is 0 Å². The van der Waals surface area contributed by atoms with E-state index >= 15 is 0 Å². The van der Waals surface area contributed by atoms with E-state index in [0.717, 1.165) is 16.8 Å². The molecule has 1 atom stereocenters. The van der Waals surface area contributed by atoms with Crippen molar-refractivity contribution >= 4 is 40.0 Å². The summed E-state index contributed by atoms with van der Waals surface area (Å²) in [5, 5.41) is 21.2. The van der Waals surface area contributed by atoms with Crippen LogP contribution in [-0.2, 0) is 4.79 Å². The molecule has 178 valence electrons. The van der Waals surface area contributed by atoms with Crippen LogP contribution in [0.4, 0.5) is 5.69 Å². The van der Waals surface area contributed by atoms with Gasteiger partial charge < -0.3 is 5.32 Å². The number of aryl methyl sites for hydroxylation is 1. The number of amides is 1. The zero-order valence-electron chi connectivity index (χ0n) is 19.9. The summed E-state index contributed by atoms with van der Waals surface area (Å²) in [7, 11) is 0. The van der Waals surface area contributed by atoms with Crippen molar-refractivity contribution in [1.29, 1.82) is 5.26 Å². The molecule has 0 fully saturated rings. The molecule has 0 aliphatic heterocycles. The number of fused-ring (bicyclic) bond motifs is 3. The Morgan fingerprint density at radius 3 is 2.64 bits per heavy atom. The summed E-state index contributed by atoms with van der Waals surface area (Å²) in [5.74, 6) is 0.142. The molecular formula is C27H22N6O2S. The third kappa shape index (κ3) is 4.01. The van der Waals surface area contributed by atoms with E-state index in [-0.39, 0.29) is 11.5 Å². The molecule has 1 amide bonds. The Labute approximate surface area is 211 Å². The summed E-state index contributed by atoms with van der Waals surface area (Å²) in [4.78, 5) is 26.5. The monoisotopic (exact) mass is 494 g/mol. The maximum Gasteiger partial charge on any atom is 0.267 e. The molecule has 5 rings (SSSR count). The lowest BCUT2D eigenvalue weighted by Gasteiger charge is -2.15. The largest absolute Gasteiger partial charge is 0.325 e. The minimum Gasteiger partial charge on any atom is -0.325 e. The van der Waals surface area contributed by atoms with Crippen molar-refractivity contribution < 1.29 is 4.79 Å². The second-order valence-electron chi connectivity index (χ2n) is 8.44. The van der Waals surface area contributed by atoms with E-state index in [1.807, 2.05) is 54.6 Å². The number of carbonyl (C=O) groups excluding carboxylic acids is 1. The maximum atomic E-state index is 13.6. The van der Waals surface area contributed by atoms with Crippen molar-refractivity contribution in [3.05, 3.63) is 93.8 Å². The molecule has 0 aliphatic rings. The van der Waals surface area contributed by atoms with Gasteiger partial charge >= 0.3 is 0 Å². The molecule has 0 spiro atoms.